The molecule has 0 aromatic rings. The van der Waals surface area contributed by atoms with Crippen molar-refractivity contribution in [1.29, 1.82) is 0 Å². The summed E-state index contributed by atoms with van der Waals surface area (Å²) >= 11 is 0. The molecule has 0 atom stereocenters. The molecule has 0 bridgehead atoms. The monoisotopic (exact) mass is 207 g/mol. The van der Waals surface area contributed by atoms with Gasteiger partial charge in [-0.15, -0.1) is 0 Å². The van der Waals surface area contributed by atoms with Crippen molar-refractivity contribution in [2.45, 2.75) is 64.8 Å². The molecule has 1 heteroatoms. The second kappa shape index (κ2) is 3.93. The Balaban J connectivity index is 1.92. The summed E-state index contributed by atoms with van der Waals surface area (Å²) in [6, 6.07) is 0. The summed E-state index contributed by atoms with van der Waals surface area (Å²) in [5.74, 6) is 0. The molecule has 86 valence electrons. The first-order valence-electron chi connectivity index (χ1n) is 6.46. The van der Waals surface area contributed by atoms with Crippen LogP contribution in [-0.2, 0) is 0 Å². The molecule has 2 aliphatic carbocycles. The van der Waals surface area contributed by atoms with Gasteiger partial charge in [-0.05, 0) is 59.3 Å². The normalized spacial score (nSPS) is 24.9. The molecule has 2 aliphatic rings. The highest BCUT2D eigenvalue weighted by atomic mass is 15.0. The zero-order chi connectivity index (χ0) is 10.9. The third kappa shape index (κ3) is 2.84. The Bertz CT molecular complexity index is 253. The van der Waals surface area contributed by atoms with Crippen LogP contribution in [-0.4, -0.2) is 12.1 Å². The van der Waals surface area contributed by atoms with E-state index in [2.05, 4.69) is 32.2 Å². The fourth-order valence-corrected chi connectivity index (χ4v) is 2.52. The molecular weight excluding hydrogens is 182 g/mol. The molecule has 2 rings (SSSR count). The number of allylic oxidation sites excluding steroid dienone is 1. The molecule has 15 heavy (non-hydrogen) atoms. The van der Waals surface area contributed by atoms with Crippen molar-refractivity contribution in [2.24, 2.45) is 5.41 Å². The third-order valence-corrected chi connectivity index (χ3v) is 3.78. The average Bonchev–Trinajstić information content (AvgIpc) is 2.96. The summed E-state index contributed by atoms with van der Waals surface area (Å²) in [5.41, 5.74) is 2.61. The standard InChI is InChI=1S/C14H25N/c1-13(2,3)15-11-14(9-10-14)12-7-5-4-6-8-12/h7,15H,4-6,8-11H2,1-3H3. The van der Waals surface area contributed by atoms with Crippen LogP contribution in [0, 0.1) is 5.41 Å². The van der Waals surface area contributed by atoms with Crippen molar-refractivity contribution in [1.82, 2.24) is 5.32 Å². The number of rotatable bonds is 3. The van der Waals surface area contributed by atoms with Gasteiger partial charge in [-0.25, -0.2) is 0 Å². The summed E-state index contributed by atoms with van der Waals surface area (Å²) in [6.07, 6.45) is 10.9. The maximum atomic E-state index is 3.68. The summed E-state index contributed by atoms with van der Waals surface area (Å²) in [7, 11) is 0. The Labute approximate surface area is 94.3 Å². The van der Waals surface area contributed by atoms with Crippen LogP contribution in [0.3, 0.4) is 0 Å². The zero-order valence-corrected chi connectivity index (χ0v) is 10.5. The highest BCUT2D eigenvalue weighted by molar-refractivity contribution is 5.24. The molecule has 0 amide bonds. The van der Waals surface area contributed by atoms with Crippen LogP contribution in [0.5, 0.6) is 0 Å². The fourth-order valence-electron chi connectivity index (χ4n) is 2.52. The highest BCUT2D eigenvalue weighted by Crippen LogP contribution is 2.54. The van der Waals surface area contributed by atoms with Crippen LogP contribution < -0.4 is 5.32 Å². The van der Waals surface area contributed by atoms with Crippen molar-refractivity contribution in [2.75, 3.05) is 6.54 Å². The van der Waals surface area contributed by atoms with Gasteiger partial charge in [0.2, 0.25) is 0 Å². The van der Waals surface area contributed by atoms with E-state index in [1.165, 1.54) is 45.1 Å². The molecule has 0 spiro atoms. The van der Waals surface area contributed by atoms with Gasteiger partial charge in [0, 0.05) is 17.5 Å². The van der Waals surface area contributed by atoms with E-state index < -0.39 is 0 Å². The van der Waals surface area contributed by atoms with Crippen LogP contribution in [0.4, 0.5) is 0 Å². The van der Waals surface area contributed by atoms with Gasteiger partial charge in [0.05, 0.1) is 0 Å². The second-order valence-electron chi connectivity index (χ2n) is 6.36. The topological polar surface area (TPSA) is 12.0 Å². The molecule has 0 saturated heterocycles. The minimum absolute atomic E-state index is 0.269. The molecule has 0 aromatic carbocycles. The van der Waals surface area contributed by atoms with E-state index in [0.29, 0.717) is 5.41 Å². The summed E-state index contributed by atoms with van der Waals surface area (Å²) in [4.78, 5) is 0. The van der Waals surface area contributed by atoms with Crippen molar-refractivity contribution in [3.05, 3.63) is 11.6 Å². The van der Waals surface area contributed by atoms with Gasteiger partial charge >= 0.3 is 0 Å². The summed E-state index contributed by atoms with van der Waals surface area (Å²) < 4.78 is 0. The van der Waals surface area contributed by atoms with E-state index in [-0.39, 0.29) is 5.54 Å². The van der Waals surface area contributed by atoms with Crippen LogP contribution in [0.2, 0.25) is 0 Å². The number of hydrogen-bond donors (Lipinski definition) is 1. The Kier molecular flexibility index (Phi) is 2.94. The van der Waals surface area contributed by atoms with Crippen LogP contribution in [0.15, 0.2) is 11.6 Å². The molecule has 0 aliphatic heterocycles. The SMILES string of the molecule is CC(C)(C)NCC1(C2=CCCCC2)CC1. The van der Waals surface area contributed by atoms with Crippen molar-refractivity contribution in [3.63, 3.8) is 0 Å². The molecule has 1 fully saturated rings. The van der Waals surface area contributed by atoms with Crippen molar-refractivity contribution in [3.8, 4) is 0 Å². The first kappa shape index (κ1) is 11.2. The van der Waals surface area contributed by atoms with Gasteiger partial charge in [0.25, 0.3) is 0 Å². The Morgan fingerprint density at radius 3 is 2.47 bits per heavy atom. The third-order valence-electron chi connectivity index (χ3n) is 3.78. The first-order chi connectivity index (χ1) is 7.02. The summed E-state index contributed by atoms with van der Waals surface area (Å²) in [5, 5.41) is 3.68. The van der Waals surface area contributed by atoms with E-state index >= 15 is 0 Å². The Morgan fingerprint density at radius 2 is 2.00 bits per heavy atom. The van der Waals surface area contributed by atoms with Gasteiger partial charge < -0.3 is 5.32 Å². The molecule has 0 radical (unpaired) electrons. The van der Waals surface area contributed by atoms with E-state index in [0.717, 1.165) is 0 Å². The van der Waals surface area contributed by atoms with Crippen LogP contribution in [0.1, 0.15) is 59.3 Å². The van der Waals surface area contributed by atoms with Gasteiger partial charge in [0.1, 0.15) is 0 Å². The van der Waals surface area contributed by atoms with E-state index in [4.69, 9.17) is 0 Å². The lowest BCUT2D eigenvalue weighted by Gasteiger charge is -2.28. The van der Waals surface area contributed by atoms with E-state index in [1.54, 1.807) is 5.57 Å². The van der Waals surface area contributed by atoms with Crippen LogP contribution in [0.25, 0.3) is 0 Å². The van der Waals surface area contributed by atoms with Gasteiger partial charge in [-0.2, -0.15) is 0 Å². The second-order valence-corrected chi connectivity index (χ2v) is 6.36. The lowest BCUT2D eigenvalue weighted by molar-refractivity contribution is 0.375. The largest absolute Gasteiger partial charge is 0.311 e. The van der Waals surface area contributed by atoms with E-state index in [9.17, 15) is 0 Å². The van der Waals surface area contributed by atoms with E-state index in [1.807, 2.05) is 0 Å². The predicted molar refractivity (Wildman–Crippen MR) is 66.0 cm³/mol. The minimum atomic E-state index is 0.269. The van der Waals surface area contributed by atoms with Crippen molar-refractivity contribution >= 4 is 0 Å². The minimum Gasteiger partial charge on any atom is -0.311 e. The fraction of sp³-hybridized carbons (Fsp3) is 0.857. The maximum absolute atomic E-state index is 3.68. The average molecular weight is 207 g/mol. The lowest BCUT2D eigenvalue weighted by atomic mass is 9.86. The Morgan fingerprint density at radius 1 is 1.27 bits per heavy atom. The molecule has 1 nitrogen and oxygen atoms in total. The van der Waals surface area contributed by atoms with Crippen LogP contribution >= 0.6 is 0 Å². The molecule has 0 unspecified atom stereocenters. The zero-order valence-electron chi connectivity index (χ0n) is 10.5. The maximum Gasteiger partial charge on any atom is 0.00968 e. The Hall–Kier alpha value is -0.300. The first-order valence-corrected chi connectivity index (χ1v) is 6.46. The van der Waals surface area contributed by atoms with Gasteiger partial charge in [-0.1, -0.05) is 11.6 Å². The molecule has 0 heterocycles. The number of nitrogens with one attached hydrogen (secondary N) is 1. The molecular formula is C14H25N. The smallest absolute Gasteiger partial charge is 0.00968 e. The molecule has 1 saturated carbocycles. The van der Waals surface area contributed by atoms with Crippen molar-refractivity contribution < 1.29 is 0 Å². The quantitative estimate of drug-likeness (QED) is 0.696. The molecule has 1 N–H and O–H groups in total. The summed E-state index contributed by atoms with van der Waals surface area (Å²) in [6.45, 7) is 7.98. The van der Waals surface area contributed by atoms with Gasteiger partial charge in [0.15, 0.2) is 0 Å². The van der Waals surface area contributed by atoms with Gasteiger partial charge in [-0.3, -0.25) is 0 Å². The molecule has 0 aromatic heterocycles. The highest BCUT2D eigenvalue weighted by Gasteiger charge is 2.45. The lowest BCUT2D eigenvalue weighted by Crippen LogP contribution is -2.40. The predicted octanol–water partition coefficient (Wildman–Crippen LogP) is 3.66. The number of hydrogen-bond acceptors (Lipinski definition) is 1.